The largest absolute Gasteiger partial charge is 0.372 e. The molecule has 1 aromatic carbocycles. The molecule has 18 heavy (non-hydrogen) atoms. The van der Waals surface area contributed by atoms with E-state index in [2.05, 4.69) is 43.0 Å². The number of hydrogen-bond donors (Lipinski definition) is 1. The third-order valence-corrected chi connectivity index (χ3v) is 3.73. The predicted molar refractivity (Wildman–Crippen MR) is 81.5 cm³/mol. The molecule has 2 rings (SSSR count). The molecule has 1 fully saturated rings. The Morgan fingerprint density at radius 3 is 2.17 bits per heavy atom. The first kappa shape index (κ1) is 15.3. The Morgan fingerprint density at radius 2 is 1.72 bits per heavy atom. The van der Waals surface area contributed by atoms with E-state index >= 15 is 0 Å². The molecule has 1 aromatic rings. The minimum atomic E-state index is 0. The third-order valence-electron chi connectivity index (χ3n) is 3.73. The van der Waals surface area contributed by atoms with Gasteiger partial charge in [0.2, 0.25) is 0 Å². The zero-order chi connectivity index (χ0) is 12.3. The average molecular weight is 269 g/mol. The van der Waals surface area contributed by atoms with Crippen LogP contribution in [0.5, 0.6) is 0 Å². The molecule has 102 valence electrons. The highest BCUT2D eigenvalue weighted by atomic mass is 35.5. The van der Waals surface area contributed by atoms with Crippen molar-refractivity contribution in [3.8, 4) is 0 Å². The maximum absolute atomic E-state index is 6.21. The molecule has 0 heterocycles. The van der Waals surface area contributed by atoms with Crippen LogP contribution in [-0.4, -0.2) is 13.1 Å². The fourth-order valence-electron chi connectivity index (χ4n) is 2.37. The molecule has 0 aliphatic heterocycles. The van der Waals surface area contributed by atoms with Gasteiger partial charge in [0.1, 0.15) is 0 Å². The highest BCUT2D eigenvalue weighted by Crippen LogP contribution is 2.36. The van der Waals surface area contributed by atoms with Crippen molar-refractivity contribution >= 4 is 18.1 Å². The van der Waals surface area contributed by atoms with Crippen molar-refractivity contribution in [1.29, 1.82) is 0 Å². The van der Waals surface area contributed by atoms with Crippen LogP contribution >= 0.6 is 12.4 Å². The molecule has 0 amide bonds. The van der Waals surface area contributed by atoms with Crippen LogP contribution in [-0.2, 0) is 0 Å². The first-order chi connectivity index (χ1) is 8.24. The summed E-state index contributed by atoms with van der Waals surface area (Å²) in [6.45, 7) is 6.50. The molecule has 1 saturated carbocycles. The summed E-state index contributed by atoms with van der Waals surface area (Å²) in [5, 5.41) is 0. The molecule has 0 saturated heterocycles. The van der Waals surface area contributed by atoms with Gasteiger partial charge < -0.3 is 10.6 Å². The Kier molecular flexibility index (Phi) is 5.97. The number of nitrogens with two attached hydrogens (primary N) is 1. The van der Waals surface area contributed by atoms with Crippen molar-refractivity contribution < 1.29 is 0 Å². The summed E-state index contributed by atoms with van der Waals surface area (Å²) in [5.74, 6) is 0.896. The molecule has 0 unspecified atom stereocenters. The molecule has 1 atom stereocenters. The molecule has 2 N–H and O–H groups in total. The average Bonchev–Trinajstić information content (AvgIpc) is 3.15. The van der Waals surface area contributed by atoms with Crippen LogP contribution in [0.1, 0.15) is 44.7 Å². The number of nitrogens with zero attached hydrogens (tertiary/aromatic N) is 1. The molecule has 1 aliphatic carbocycles. The van der Waals surface area contributed by atoms with Crippen molar-refractivity contribution in [2.24, 2.45) is 11.7 Å². The molecule has 0 aromatic heterocycles. The van der Waals surface area contributed by atoms with E-state index < -0.39 is 0 Å². The summed E-state index contributed by atoms with van der Waals surface area (Å²) in [7, 11) is 0. The Morgan fingerprint density at radius 1 is 1.17 bits per heavy atom. The number of benzene rings is 1. The van der Waals surface area contributed by atoms with Gasteiger partial charge in [-0.2, -0.15) is 0 Å². The summed E-state index contributed by atoms with van der Waals surface area (Å²) in [4.78, 5) is 2.36. The Labute approximate surface area is 117 Å². The highest BCUT2D eigenvalue weighted by molar-refractivity contribution is 5.85. The van der Waals surface area contributed by atoms with E-state index in [1.807, 2.05) is 0 Å². The molecule has 2 nitrogen and oxygen atoms in total. The van der Waals surface area contributed by atoms with Gasteiger partial charge in [-0.3, -0.25) is 0 Å². The first-order valence-electron chi connectivity index (χ1n) is 6.85. The second-order valence-corrected chi connectivity index (χ2v) is 5.05. The second-order valence-electron chi connectivity index (χ2n) is 5.05. The lowest BCUT2D eigenvalue weighted by Gasteiger charge is -2.21. The van der Waals surface area contributed by atoms with Crippen LogP contribution in [0.4, 0.5) is 5.69 Å². The number of halogens is 1. The Bertz CT molecular complexity index is 342. The van der Waals surface area contributed by atoms with Crippen LogP contribution in [0.3, 0.4) is 0 Å². The predicted octanol–water partition coefficient (Wildman–Crippen LogP) is 3.75. The fraction of sp³-hybridized carbons (Fsp3) is 0.600. The maximum Gasteiger partial charge on any atom is 0.0366 e. The number of anilines is 1. The highest BCUT2D eigenvalue weighted by Gasteiger charge is 2.24. The van der Waals surface area contributed by atoms with Crippen LogP contribution in [0, 0.1) is 5.92 Å². The zero-order valence-electron chi connectivity index (χ0n) is 11.4. The van der Waals surface area contributed by atoms with E-state index in [1.54, 1.807) is 0 Å². The monoisotopic (exact) mass is 268 g/mol. The van der Waals surface area contributed by atoms with E-state index in [0.717, 1.165) is 25.4 Å². The van der Waals surface area contributed by atoms with Crippen molar-refractivity contribution in [3.63, 3.8) is 0 Å². The van der Waals surface area contributed by atoms with E-state index in [-0.39, 0.29) is 18.4 Å². The zero-order valence-corrected chi connectivity index (χ0v) is 12.2. The van der Waals surface area contributed by atoms with E-state index in [1.165, 1.54) is 24.1 Å². The molecular formula is C15H25ClN2. The molecule has 0 bridgehead atoms. The molecule has 1 aliphatic rings. The minimum Gasteiger partial charge on any atom is -0.372 e. The van der Waals surface area contributed by atoms with Gasteiger partial charge in [-0.05, 0) is 43.9 Å². The minimum absolute atomic E-state index is 0. The van der Waals surface area contributed by atoms with Crippen molar-refractivity contribution in [2.45, 2.75) is 39.2 Å². The fourth-order valence-corrected chi connectivity index (χ4v) is 2.37. The van der Waals surface area contributed by atoms with Crippen LogP contribution in [0.25, 0.3) is 0 Å². The van der Waals surface area contributed by atoms with Crippen molar-refractivity contribution in [1.82, 2.24) is 0 Å². The molecule has 0 spiro atoms. The van der Waals surface area contributed by atoms with E-state index in [0.29, 0.717) is 0 Å². The van der Waals surface area contributed by atoms with Gasteiger partial charge in [0, 0.05) is 24.8 Å². The summed E-state index contributed by atoms with van der Waals surface area (Å²) < 4.78 is 0. The lowest BCUT2D eigenvalue weighted by molar-refractivity contribution is 0.597. The van der Waals surface area contributed by atoms with Gasteiger partial charge in [0.25, 0.3) is 0 Å². The van der Waals surface area contributed by atoms with Crippen LogP contribution < -0.4 is 10.6 Å². The lowest BCUT2D eigenvalue weighted by Crippen LogP contribution is -2.21. The number of rotatable bonds is 6. The molecule has 3 heteroatoms. The van der Waals surface area contributed by atoms with Crippen molar-refractivity contribution in [3.05, 3.63) is 29.8 Å². The lowest BCUT2D eigenvalue weighted by atomic mass is 10.0. The summed E-state index contributed by atoms with van der Waals surface area (Å²) in [6.07, 6.45) is 3.92. The second kappa shape index (κ2) is 7.01. The van der Waals surface area contributed by atoms with Gasteiger partial charge in [-0.15, -0.1) is 12.4 Å². The van der Waals surface area contributed by atoms with Gasteiger partial charge >= 0.3 is 0 Å². The van der Waals surface area contributed by atoms with Gasteiger partial charge in [-0.1, -0.05) is 25.0 Å². The normalized spacial score (nSPS) is 15.9. The first-order valence-corrected chi connectivity index (χ1v) is 6.85. The van der Waals surface area contributed by atoms with Gasteiger partial charge in [0.15, 0.2) is 0 Å². The Hall–Kier alpha value is -0.730. The molecular weight excluding hydrogens is 244 g/mol. The van der Waals surface area contributed by atoms with Gasteiger partial charge in [0.05, 0.1) is 0 Å². The summed E-state index contributed by atoms with van der Waals surface area (Å²) in [5.41, 5.74) is 8.80. The molecule has 0 radical (unpaired) electrons. The van der Waals surface area contributed by atoms with Gasteiger partial charge in [-0.25, -0.2) is 0 Å². The maximum atomic E-state index is 6.21. The van der Waals surface area contributed by atoms with Crippen LogP contribution in [0.2, 0.25) is 0 Å². The van der Waals surface area contributed by atoms with E-state index in [9.17, 15) is 0 Å². The summed E-state index contributed by atoms with van der Waals surface area (Å²) >= 11 is 0. The SMILES string of the molecule is CCN(CC)c1ccc([C@@H](N)CC2CC2)cc1.Cl. The number of hydrogen-bond acceptors (Lipinski definition) is 2. The topological polar surface area (TPSA) is 29.3 Å². The van der Waals surface area contributed by atoms with E-state index in [4.69, 9.17) is 5.73 Å². The quantitative estimate of drug-likeness (QED) is 0.851. The third kappa shape index (κ3) is 3.89. The van der Waals surface area contributed by atoms with Crippen LogP contribution in [0.15, 0.2) is 24.3 Å². The van der Waals surface area contributed by atoms with Crippen molar-refractivity contribution in [2.75, 3.05) is 18.0 Å². The standard InChI is InChI=1S/C15H24N2.ClH/c1-3-17(4-2)14-9-7-13(8-10-14)15(16)11-12-5-6-12;/h7-10,12,15H,3-6,11,16H2,1-2H3;1H/t15-;/m0./s1. The Balaban J connectivity index is 0.00000162. The summed E-state index contributed by atoms with van der Waals surface area (Å²) in [6, 6.07) is 9.03. The smallest absolute Gasteiger partial charge is 0.0366 e.